The van der Waals surface area contributed by atoms with Crippen LogP contribution < -0.4 is 5.73 Å². The van der Waals surface area contributed by atoms with E-state index < -0.39 is 0 Å². The smallest absolute Gasteiger partial charge is 0.266 e. The summed E-state index contributed by atoms with van der Waals surface area (Å²) >= 11 is 4.96. The third kappa shape index (κ3) is 2.56. The molecule has 1 aromatic heterocycles. The Kier molecular flexibility index (Phi) is 3.98. The van der Waals surface area contributed by atoms with E-state index in [-0.39, 0.29) is 5.91 Å². The molecule has 5 heteroatoms. The molecule has 2 aromatic rings. The number of anilines is 1. The van der Waals surface area contributed by atoms with Gasteiger partial charge in [0.15, 0.2) is 0 Å². The fourth-order valence-electron chi connectivity index (χ4n) is 2.67. The third-order valence-corrected chi connectivity index (χ3v) is 5.44. The number of halogens is 1. The first kappa shape index (κ1) is 13.9. The van der Waals surface area contributed by atoms with E-state index in [1.807, 2.05) is 23.1 Å². The summed E-state index contributed by atoms with van der Waals surface area (Å²) in [5.41, 5.74) is 6.82. The molecule has 0 aliphatic carbocycles. The van der Waals surface area contributed by atoms with Crippen molar-refractivity contribution < 1.29 is 4.79 Å². The number of nitrogens with zero attached hydrogens (tertiary/aromatic N) is 1. The summed E-state index contributed by atoms with van der Waals surface area (Å²) in [5.74, 6) is 0.0988. The van der Waals surface area contributed by atoms with Crippen molar-refractivity contribution in [3.05, 3.63) is 27.5 Å². The maximum absolute atomic E-state index is 12.7. The summed E-state index contributed by atoms with van der Waals surface area (Å²) in [7, 11) is 0. The minimum Gasteiger partial charge on any atom is -0.397 e. The van der Waals surface area contributed by atoms with E-state index >= 15 is 0 Å². The Morgan fingerprint density at radius 3 is 2.60 bits per heavy atom. The number of rotatable bonds is 1. The maximum Gasteiger partial charge on any atom is 0.266 e. The normalized spacial score (nSPS) is 16.4. The lowest BCUT2D eigenvalue weighted by Crippen LogP contribution is -2.31. The standard InChI is InChI=1S/C15H17BrN2OS/c16-10-5-6-12-11(9-10)13(17)14(20-12)15(19)18-7-3-1-2-4-8-18/h5-6,9H,1-4,7-8,17H2. The molecular weight excluding hydrogens is 336 g/mol. The highest BCUT2D eigenvalue weighted by atomic mass is 79.9. The monoisotopic (exact) mass is 352 g/mol. The summed E-state index contributed by atoms with van der Waals surface area (Å²) in [6, 6.07) is 5.98. The summed E-state index contributed by atoms with van der Waals surface area (Å²) in [6.45, 7) is 1.71. The van der Waals surface area contributed by atoms with Gasteiger partial charge in [-0.3, -0.25) is 4.79 Å². The number of benzene rings is 1. The first-order valence-electron chi connectivity index (χ1n) is 6.93. The minimum atomic E-state index is 0.0988. The van der Waals surface area contributed by atoms with Gasteiger partial charge in [0.1, 0.15) is 4.88 Å². The number of hydrogen-bond donors (Lipinski definition) is 1. The highest BCUT2D eigenvalue weighted by Gasteiger charge is 2.22. The summed E-state index contributed by atoms with van der Waals surface area (Å²) < 4.78 is 2.06. The van der Waals surface area contributed by atoms with Gasteiger partial charge in [0, 0.05) is 27.6 Å². The second-order valence-corrected chi connectivity index (χ2v) is 7.16. The highest BCUT2D eigenvalue weighted by Crippen LogP contribution is 2.36. The number of amides is 1. The molecule has 3 nitrogen and oxygen atoms in total. The minimum absolute atomic E-state index is 0.0988. The molecule has 1 aliphatic heterocycles. The molecule has 0 saturated carbocycles. The van der Waals surface area contributed by atoms with Crippen LogP contribution in [0, 0.1) is 0 Å². The van der Waals surface area contributed by atoms with Gasteiger partial charge in [0.2, 0.25) is 0 Å². The molecule has 1 fully saturated rings. The lowest BCUT2D eigenvalue weighted by molar-refractivity contribution is 0.0767. The van der Waals surface area contributed by atoms with Gasteiger partial charge in [-0.25, -0.2) is 0 Å². The summed E-state index contributed by atoms with van der Waals surface area (Å²) in [5, 5.41) is 0.975. The molecule has 1 aromatic carbocycles. The van der Waals surface area contributed by atoms with Crippen LogP contribution >= 0.6 is 27.3 Å². The average molecular weight is 353 g/mol. The number of likely N-dealkylation sites (tertiary alicyclic amines) is 1. The second-order valence-electron chi connectivity index (χ2n) is 5.19. The predicted molar refractivity (Wildman–Crippen MR) is 88.3 cm³/mol. The Labute approximate surface area is 130 Å². The molecule has 2 N–H and O–H groups in total. The van der Waals surface area contributed by atoms with E-state index in [2.05, 4.69) is 15.9 Å². The Bertz CT molecular complexity index is 645. The fraction of sp³-hybridized carbons (Fsp3) is 0.400. The van der Waals surface area contributed by atoms with E-state index in [1.54, 1.807) is 0 Å². The van der Waals surface area contributed by atoms with Crippen molar-refractivity contribution in [1.82, 2.24) is 4.90 Å². The van der Waals surface area contributed by atoms with Crippen LogP contribution in [-0.2, 0) is 0 Å². The summed E-state index contributed by atoms with van der Waals surface area (Å²) in [6.07, 6.45) is 4.64. The van der Waals surface area contributed by atoms with Gasteiger partial charge >= 0.3 is 0 Å². The first-order chi connectivity index (χ1) is 9.66. The van der Waals surface area contributed by atoms with Crippen LogP contribution in [0.1, 0.15) is 35.4 Å². The van der Waals surface area contributed by atoms with Crippen molar-refractivity contribution in [1.29, 1.82) is 0 Å². The van der Waals surface area contributed by atoms with Crippen LogP contribution in [-0.4, -0.2) is 23.9 Å². The van der Waals surface area contributed by atoms with Gasteiger partial charge < -0.3 is 10.6 Å². The lowest BCUT2D eigenvalue weighted by atomic mass is 10.2. The van der Waals surface area contributed by atoms with E-state index in [1.165, 1.54) is 24.2 Å². The molecule has 1 amide bonds. The molecule has 20 heavy (non-hydrogen) atoms. The Balaban J connectivity index is 1.96. The molecule has 0 spiro atoms. The number of nitrogen functional groups attached to an aromatic ring is 1. The number of thiophene rings is 1. The van der Waals surface area contributed by atoms with Crippen molar-refractivity contribution in [2.75, 3.05) is 18.8 Å². The zero-order valence-corrected chi connectivity index (χ0v) is 13.6. The molecule has 0 unspecified atom stereocenters. The quantitative estimate of drug-likeness (QED) is 0.833. The summed E-state index contributed by atoms with van der Waals surface area (Å²) in [4.78, 5) is 15.3. The van der Waals surface area contributed by atoms with E-state index in [0.29, 0.717) is 10.6 Å². The van der Waals surface area contributed by atoms with Crippen molar-refractivity contribution in [2.24, 2.45) is 0 Å². The first-order valence-corrected chi connectivity index (χ1v) is 8.54. The SMILES string of the molecule is Nc1c(C(=O)N2CCCCCC2)sc2ccc(Br)cc12. The number of fused-ring (bicyclic) bond motifs is 1. The molecule has 3 rings (SSSR count). The molecule has 1 aliphatic rings. The number of carbonyl (C=O) groups excluding carboxylic acids is 1. The predicted octanol–water partition coefficient (Wildman–Crippen LogP) is 4.26. The number of carbonyl (C=O) groups is 1. The van der Waals surface area contributed by atoms with Gasteiger partial charge in [-0.05, 0) is 31.0 Å². The highest BCUT2D eigenvalue weighted by molar-refractivity contribution is 9.10. The Morgan fingerprint density at radius 2 is 1.90 bits per heavy atom. The fourth-order valence-corrected chi connectivity index (χ4v) is 4.10. The van der Waals surface area contributed by atoms with Crippen molar-refractivity contribution in [3.63, 3.8) is 0 Å². The van der Waals surface area contributed by atoms with Crippen molar-refractivity contribution in [3.8, 4) is 0 Å². The van der Waals surface area contributed by atoms with Gasteiger partial charge in [-0.1, -0.05) is 28.8 Å². The van der Waals surface area contributed by atoms with Crippen LogP contribution in [0.15, 0.2) is 22.7 Å². The van der Waals surface area contributed by atoms with Crippen LogP contribution in [0.25, 0.3) is 10.1 Å². The average Bonchev–Trinajstić information content (AvgIpc) is 2.66. The Morgan fingerprint density at radius 1 is 1.20 bits per heavy atom. The van der Waals surface area contributed by atoms with Crippen LogP contribution in [0.5, 0.6) is 0 Å². The molecule has 0 radical (unpaired) electrons. The molecule has 0 bridgehead atoms. The molecule has 2 heterocycles. The lowest BCUT2D eigenvalue weighted by Gasteiger charge is -2.19. The van der Waals surface area contributed by atoms with E-state index in [4.69, 9.17) is 5.73 Å². The third-order valence-electron chi connectivity index (χ3n) is 3.78. The molecule has 1 saturated heterocycles. The van der Waals surface area contributed by atoms with Crippen LogP contribution in [0.4, 0.5) is 5.69 Å². The van der Waals surface area contributed by atoms with E-state index in [0.717, 1.165) is 40.5 Å². The van der Waals surface area contributed by atoms with E-state index in [9.17, 15) is 4.79 Å². The van der Waals surface area contributed by atoms with Gasteiger partial charge in [0.05, 0.1) is 5.69 Å². The number of hydrogen-bond acceptors (Lipinski definition) is 3. The topological polar surface area (TPSA) is 46.3 Å². The molecule has 0 atom stereocenters. The molecule has 106 valence electrons. The Hall–Kier alpha value is -1.07. The van der Waals surface area contributed by atoms with Crippen LogP contribution in [0.2, 0.25) is 0 Å². The van der Waals surface area contributed by atoms with Gasteiger partial charge in [-0.2, -0.15) is 0 Å². The number of nitrogens with two attached hydrogens (primary N) is 1. The largest absolute Gasteiger partial charge is 0.397 e. The van der Waals surface area contributed by atoms with Gasteiger partial charge in [0.25, 0.3) is 5.91 Å². The van der Waals surface area contributed by atoms with Crippen molar-refractivity contribution >= 4 is 48.9 Å². The molecular formula is C15H17BrN2OS. The zero-order chi connectivity index (χ0) is 14.1. The maximum atomic E-state index is 12.7. The second kappa shape index (κ2) is 5.74. The van der Waals surface area contributed by atoms with Crippen molar-refractivity contribution in [2.45, 2.75) is 25.7 Å². The zero-order valence-electron chi connectivity index (χ0n) is 11.2. The van der Waals surface area contributed by atoms with Crippen LogP contribution in [0.3, 0.4) is 0 Å². The van der Waals surface area contributed by atoms with Gasteiger partial charge in [-0.15, -0.1) is 11.3 Å².